The maximum absolute atomic E-state index is 13.6. The van der Waals surface area contributed by atoms with Crippen LogP contribution in [0.25, 0.3) is 0 Å². The van der Waals surface area contributed by atoms with Crippen molar-refractivity contribution < 1.29 is 29.5 Å². The minimum Gasteiger partial charge on any atom is -0.480 e. The van der Waals surface area contributed by atoms with Gasteiger partial charge in [-0.3, -0.25) is 19.7 Å². The molecule has 11 heteroatoms. The Bertz CT molecular complexity index is 1150. The second-order valence-corrected chi connectivity index (χ2v) is 8.81. The number of para-hydroxylation sites is 2. The molecule has 1 heterocycles. The van der Waals surface area contributed by atoms with Crippen LogP contribution in [-0.4, -0.2) is 69.0 Å². The smallest absolute Gasteiger partial charge is 0.347 e. The lowest BCUT2D eigenvalue weighted by molar-refractivity contribution is -0.138. The lowest BCUT2D eigenvalue weighted by atomic mass is 9.99. The van der Waals surface area contributed by atoms with Crippen LogP contribution in [0.5, 0.6) is 0 Å². The molecule has 2 aromatic carbocycles. The van der Waals surface area contributed by atoms with Crippen LogP contribution in [0.15, 0.2) is 48.5 Å². The van der Waals surface area contributed by atoms with E-state index in [2.05, 4.69) is 10.6 Å². The van der Waals surface area contributed by atoms with Crippen LogP contribution >= 0.6 is 0 Å². The highest BCUT2D eigenvalue weighted by Gasteiger charge is 2.56. The van der Waals surface area contributed by atoms with Crippen LogP contribution in [0, 0.1) is 13.8 Å². The summed E-state index contributed by atoms with van der Waals surface area (Å²) in [5, 5.41) is 25.3. The number of carbonyl (C=O) groups is 4. The fourth-order valence-corrected chi connectivity index (χ4v) is 4.06. The highest BCUT2D eigenvalue weighted by Crippen LogP contribution is 2.39. The molecule has 1 saturated heterocycles. The van der Waals surface area contributed by atoms with E-state index in [4.69, 9.17) is 5.11 Å². The molecular weight excluding hydrogens is 454 g/mol. The van der Waals surface area contributed by atoms with Crippen molar-refractivity contribution in [2.75, 3.05) is 23.3 Å². The Balaban J connectivity index is 1.98. The fraction of sp³-hybridized carbons (Fsp3) is 0.333. The molecule has 0 saturated carbocycles. The zero-order chi connectivity index (χ0) is 25.9. The topological polar surface area (TPSA) is 143 Å². The van der Waals surface area contributed by atoms with Crippen LogP contribution in [0.2, 0.25) is 0 Å². The van der Waals surface area contributed by atoms with Gasteiger partial charge in [-0.2, -0.15) is 5.06 Å². The first kappa shape index (κ1) is 25.5. The van der Waals surface area contributed by atoms with Crippen molar-refractivity contribution in [3.63, 3.8) is 0 Å². The molecule has 0 radical (unpaired) electrons. The average Bonchev–Trinajstić information content (AvgIpc) is 2.99. The standard InChI is InChI=1S/C24H29N5O6/c1-15-9-5-7-11-17(15)26-22(33)29(35)21-24(3,4)27(14-19(30)25-13-20(31)32)23(34)28(21)18-12-8-6-10-16(18)2/h5-12,21,35H,13-14H2,1-4H3,(H,25,30)(H,26,33)(H,31,32)/t21-/m0/s1. The number of hydrogen-bond donors (Lipinski definition) is 4. The summed E-state index contributed by atoms with van der Waals surface area (Å²) in [4.78, 5) is 52.3. The monoisotopic (exact) mass is 483 g/mol. The number of hydroxylamine groups is 2. The highest BCUT2D eigenvalue weighted by molar-refractivity contribution is 6.00. The highest BCUT2D eigenvalue weighted by atomic mass is 16.5. The van der Waals surface area contributed by atoms with Crippen molar-refractivity contribution in [2.24, 2.45) is 0 Å². The Morgan fingerprint density at radius 3 is 2.23 bits per heavy atom. The number of amides is 5. The Hall–Kier alpha value is -4.12. The summed E-state index contributed by atoms with van der Waals surface area (Å²) in [6, 6.07) is 12.5. The molecule has 35 heavy (non-hydrogen) atoms. The molecule has 1 atom stereocenters. The van der Waals surface area contributed by atoms with E-state index in [0.717, 1.165) is 5.56 Å². The number of hydrogen-bond acceptors (Lipinski definition) is 5. The number of rotatable bonds is 7. The summed E-state index contributed by atoms with van der Waals surface area (Å²) < 4.78 is 0. The molecule has 0 unspecified atom stereocenters. The van der Waals surface area contributed by atoms with Gasteiger partial charge in [-0.1, -0.05) is 36.4 Å². The second kappa shape index (κ2) is 10.0. The molecule has 0 bridgehead atoms. The number of carboxylic acid groups (broad SMARTS) is 1. The first-order chi connectivity index (χ1) is 16.4. The summed E-state index contributed by atoms with van der Waals surface area (Å²) in [5.41, 5.74) is 1.19. The molecule has 0 spiro atoms. The van der Waals surface area contributed by atoms with Gasteiger partial charge in [-0.25, -0.2) is 9.59 Å². The molecule has 2 aromatic rings. The minimum absolute atomic E-state index is 0.450. The number of benzene rings is 2. The van der Waals surface area contributed by atoms with Gasteiger partial charge in [0.2, 0.25) is 5.91 Å². The van der Waals surface area contributed by atoms with E-state index >= 15 is 0 Å². The quantitative estimate of drug-likeness (QED) is 0.352. The number of urea groups is 2. The summed E-state index contributed by atoms with van der Waals surface area (Å²) in [6.07, 6.45) is -1.22. The van der Waals surface area contributed by atoms with Gasteiger partial charge in [0.25, 0.3) is 0 Å². The SMILES string of the molecule is Cc1ccccc1NC(=O)N(O)[C@@H]1N(c2ccccc2C)C(=O)N(CC(=O)NCC(=O)O)C1(C)C. The first-order valence-corrected chi connectivity index (χ1v) is 10.9. The molecule has 4 N–H and O–H groups in total. The van der Waals surface area contributed by atoms with Crippen molar-refractivity contribution in [1.82, 2.24) is 15.3 Å². The summed E-state index contributed by atoms with van der Waals surface area (Å²) in [6.45, 7) is 5.75. The first-order valence-electron chi connectivity index (χ1n) is 10.9. The molecule has 0 aromatic heterocycles. The van der Waals surface area contributed by atoms with Gasteiger partial charge < -0.3 is 20.6 Å². The van der Waals surface area contributed by atoms with Crippen LogP contribution in [0.1, 0.15) is 25.0 Å². The van der Waals surface area contributed by atoms with E-state index in [9.17, 15) is 24.4 Å². The van der Waals surface area contributed by atoms with E-state index in [-0.39, 0.29) is 0 Å². The molecule has 0 aliphatic carbocycles. The third-order valence-electron chi connectivity index (χ3n) is 5.95. The van der Waals surface area contributed by atoms with Crippen molar-refractivity contribution in [3.05, 3.63) is 59.7 Å². The summed E-state index contributed by atoms with van der Waals surface area (Å²) in [7, 11) is 0. The van der Waals surface area contributed by atoms with Gasteiger partial charge in [0, 0.05) is 5.69 Å². The normalized spacial score (nSPS) is 16.7. The van der Waals surface area contributed by atoms with Gasteiger partial charge in [0.1, 0.15) is 13.1 Å². The summed E-state index contributed by atoms with van der Waals surface area (Å²) in [5.74, 6) is -1.91. The van der Waals surface area contributed by atoms with Crippen molar-refractivity contribution in [2.45, 2.75) is 39.4 Å². The molecule has 186 valence electrons. The molecule has 3 rings (SSSR count). The Kier molecular flexibility index (Phi) is 7.30. The van der Waals surface area contributed by atoms with Crippen molar-refractivity contribution in [3.8, 4) is 0 Å². The van der Waals surface area contributed by atoms with Gasteiger partial charge in [0.05, 0.1) is 11.2 Å². The van der Waals surface area contributed by atoms with Crippen LogP contribution < -0.4 is 15.5 Å². The fourth-order valence-electron chi connectivity index (χ4n) is 4.06. The number of carbonyl (C=O) groups excluding carboxylic acids is 3. The lowest BCUT2D eigenvalue weighted by Gasteiger charge is -2.38. The van der Waals surface area contributed by atoms with E-state index < -0.39 is 48.7 Å². The predicted molar refractivity (Wildman–Crippen MR) is 128 cm³/mol. The van der Waals surface area contributed by atoms with Gasteiger partial charge in [-0.15, -0.1) is 0 Å². The number of anilines is 2. The van der Waals surface area contributed by atoms with Crippen molar-refractivity contribution in [1.29, 1.82) is 0 Å². The Morgan fingerprint density at radius 2 is 1.63 bits per heavy atom. The Morgan fingerprint density at radius 1 is 1.03 bits per heavy atom. The number of aryl methyl sites for hydroxylation is 2. The van der Waals surface area contributed by atoms with Crippen LogP contribution in [0.4, 0.5) is 21.0 Å². The molecular formula is C24H29N5O6. The van der Waals surface area contributed by atoms with Crippen LogP contribution in [-0.2, 0) is 9.59 Å². The number of aliphatic carboxylic acids is 1. The van der Waals surface area contributed by atoms with E-state index in [0.29, 0.717) is 22.0 Å². The maximum Gasteiger partial charge on any atom is 0.347 e. The molecule has 5 amide bonds. The average molecular weight is 484 g/mol. The van der Waals surface area contributed by atoms with E-state index in [1.165, 1.54) is 9.80 Å². The van der Waals surface area contributed by atoms with E-state index in [1.807, 2.05) is 6.07 Å². The second-order valence-electron chi connectivity index (χ2n) is 8.81. The molecule has 11 nitrogen and oxygen atoms in total. The molecule has 1 aliphatic rings. The largest absolute Gasteiger partial charge is 0.480 e. The van der Waals surface area contributed by atoms with E-state index in [1.54, 1.807) is 70.2 Å². The maximum atomic E-state index is 13.6. The molecule has 1 fully saturated rings. The zero-order valence-electron chi connectivity index (χ0n) is 20.0. The van der Waals surface area contributed by atoms with Crippen molar-refractivity contribution >= 4 is 35.3 Å². The van der Waals surface area contributed by atoms with Gasteiger partial charge >= 0.3 is 18.0 Å². The number of nitrogens with zero attached hydrogens (tertiary/aromatic N) is 3. The number of nitrogens with one attached hydrogen (secondary N) is 2. The number of carboxylic acids is 1. The van der Waals surface area contributed by atoms with Gasteiger partial charge in [0.15, 0.2) is 6.17 Å². The minimum atomic E-state index is -1.25. The van der Waals surface area contributed by atoms with Gasteiger partial charge in [-0.05, 0) is 51.0 Å². The third-order valence-corrected chi connectivity index (χ3v) is 5.95. The molecule has 1 aliphatic heterocycles. The Labute approximate surface area is 202 Å². The predicted octanol–water partition coefficient (Wildman–Crippen LogP) is 2.77. The van der Waals surface area contributed by atoms with Crippen LogP contribution in [0.3, 0.4) is 0 Å². The lowest BCUT2D eigenvalue weighted by Crippen LogP contribution is -2.58. The third kappa shape index (κ3) is 5.19. The summed E-state index contributed by atoms with van der Waals surface area (Å²) >= 11 is 0. The zero-order valence-corrected chi connectivity index (χ0v) is 20.0.